The van der Waals surface area contributed by atoms with Crippen molar-refractivity contribution in [2.24, 2.45) is 0 Å². The second-order valence-electron chi connectivity index (χ2n) is 9.02. The molecule has 1 aliphatic rings. The minimum absolute atomic E-state index is 0.0423. The van der Waals surface area contributed by atoms with E-state index >= 15 is 0 Å². The highest BCUT2D eigenvalue weighted by molar-refractivity contribution is 7.89. The zero-order chi connectivity index (χ0) is 25.9. The zero-order valence-electron chi connectivity index (χ0n) is 19.9. The Bertz CT molecular complexity index is 1480. The first-order chi connectivity index (χ1) is 17.9. The lowest BCUT2D eigenvalue weighted by Crippen LogP contribution is -2.34. The normalized spacial score (nSPS) is 14.3. The van der Waals surface area contributed by atoms with Crippen molar-refractivity contribution in [3.63, 3.8) is 0 Å². The summed E-state index contributed by atoms with van der Waals surface area (Å²) in [6.07, 6.45) is 6.41. The van der Waals surface area contributed by atoms with E-state index in [0.717, 1.165) is 24.0 Å². The van der Waals surface area contributed by atoms with Crippen molar-refractivity contribution < 1.29 is 13.2 Å². The van der Waals surface area contributed by atoms with Crippen LogP contribution in [-0.4, -0.2) is 28.6 Å². The maximum atomic E-state index is 13.5. The number of hydrogen-bond donors (Lipinski definition) is 1. The van der Waals surface area contributed by atoms with Gasteiger partial charge in [-0.2, -0.15) is 4.31 Å². The quantitative estimate of drug-likeness (QED) is 0.329. The molecule has 0 aliphatic heterocycles. The van der Waals surface area contributed by atoms with Crippen molar-refractivity contribution in [2.45, 2.75) is 36.4 Å². The van der Waals surface area contributed by atoms with Crippen LogP contribution in [0.4, 0.5) is 0 Å². The van der Waals surface area contributed by atoms with Gasteiger partial charge in [-0.1, -0.05) is 54.1 Å². The monoisotopic (exact) mass is 532 g/mol. The van der Waals surface area contributed by atoms with Crippen LogP contribution < -0.4 is 5.32 Å². The van der Waals surface area contributed by atoms with Crippen molar-refractivity contribution in [2.75, 3.05) is 0 Å². The Hall–Kier alpha value is -3.59. The van der Waals surface area contributed by atoms with E-state index in [0.29, 0.717) is 16.3 Å². The molecule has 1 heterocycles. The predicted molar refractivity (Wildman–Crippen MR) is 141 cm³/mol. The fourth-order valence-corrected chi connectivity index (χ4v) is 5.72. The highest BCUT2D eigenvalue weighted by Gasteiger charge is 2.45. The third-order valence-electron chi connectivity index (χ3n) is 6.41. The van der Waals surface area contributed by atoms with Crippen LogP contribution in [-0.2, 0) is 28.7 Å². The molecule has 0 radical (unpaired) electrons. The summed E-state index contributed by atoms with van der Waals surface area (Å²) in [7, 11) is -3.86. The summed E-state index contributed by atoms with van der Waals surface area (Å²) in [4.78, 5) is 21.4. The molecule has 1 aromatic heterocycles. The van der Waals surface area contributed by atoms with Gasteiger partial charge in [-0.15, -0.1) is 0 Å². The Morgan fingerprint density at radius 3 is 2.24 bits per heavy atom. The Morgan fingerprint density at radius 2 is 1.62 bits per heavy atom. The Kier molecular flexibility index (Phi) is 7.06. The number of carbonyl (C=O) groups excluding carboxylic acids is 1. The van der Waals surface area contributed by atoms with E-state index in [1.807, 2.05) is 30.3 Å². The van der Waals surface area contributed by atoms with Crippen LogP contribution in [0.1, 0.15) is 40.0 Å². The standard InChI is InChI=1S/C28H25ClN4O3S/c29-24-10-12-26(13-11-24)37(35,36)33(20-25-18-30-16-17-31-25)19-21-6-8-22(9-7-21)27(34)32-28(14-15-28)23-4-2-1-3-5-23/h1-13,16-18H,14-15,19-20H2,(H,32,34). The van der Waals surface area contributed by atoms with Gasteiger partial charge in [-0.05, 0) is 60.4 Å². The van der Waals surface area contributed by atoms with Crippen LogP contribution in [0, 0.1) is 0 Å². The molecule has 1 saturated carbocycles. The topological polar surface area (TPSA) is 92.3 Å². The molecule has 37 heavy (non-hydrogen) atoms. The lowest BCUT2D eigenvalue weighted by atomic mass is 10.0. The zero-order valence-corrected chi connectivity index (χ0v) is 21.5. The van der Waals surface area contributed by atoms with Gasteiger partial charge in [-0.25, -0.2) is 8.42 Å². The van der Waals surface area contributed by atoms with E-state index in [4.69, 9.17) is 11.6 Å². The van der Waals surface area contributed by atoms with E-state index in [-0.39, 0.29) is 29.4 Å². The van der Waals surface area contributed by atoms with Gasteiger partial charge in [0.15, 0.2) is 0 Å². The minimum Gasteiger partial charge on any atom is -0.343 e. The van der Waals surface area contributed by atoms with Crippen molar-refractivity contribution in [3.05, 3.63) is 125 Å². The summed E-state index contributed by atoms with van der Waals surface area (Å²) in [6, 6.07) is 23.0. The average Bonchev–Trinajstić information content (AvgIpc) is 3.70. The second-order valence-corrected chi connectivity index (χ2v) is 11.4. The van der Waals surface area contributed by atoms with E-state index in [2.05, 4.69) is 15.3 Å². The lowest BCUT2D eigenvalue weighted by Gasteiger charge is -2.22. The van der Waals surface area contributed by atoms with E-state index < -0.39 is 10.0 Å². The Labute approximate surface area is 221 Å². The van der Waals surface area contributed by atoms with E-state index in [9.17, 15) is 13.2 Å². The highest BCUT2D eigenvalue weighted by atomic mass is 35.5. The molecule has 1 fully saturated rings. The summed E-state index contributed by atoms with van der Waals surface area (Å²) < 4.78 is 28.3. The molecule has 1 amide bonds. The summed E-state index contributed by atoms with van der Waals surface area (Å²) in [6.45, 7) is 0.137. The van der Waals surface area contributed by atoms with Crippen LogP contribution in [0.3, 0.4) is 0 Å². The molecule has 188 valence electrons. The fraction of sp³-hybridized carbons (Fsp3) is 0.179. The largest absolute Gasteiger partial charge is 0.343 e. The van der Waals surface area contributed by atoms with Crippen molar-refractivity contribution in [1.82, 2.24) is 19.6 Å². The fourth-order valence-electron chi connectivity index (χ4n) is 4.20. The Morgan fingerprint density at radius 1 is 0.919 bits per heavy atom. The molecule has 9 heteroatoms. The average molecular weight is 533 g/mol. The molecule has 1 aliphatic carbocycles. The van der Waals surface area contributed by atoms with Gasteiger partial charge in [0.05, 0.1) is 22.7 Å². The minimum atomic E-state index is -3.86. The third-order valence-corrected chi connectivity index (χ3v) is 8.47. The number of hydrogen-bond acceptors (Lipinski definition) is 5. The predicted octanol–water partition coefficient (Wildman–Crippen LogP) is 4.94. The number of rotatable bonds is 9. The SMILES string of the molecule is O=C(NC1(c2ccccc2)CC1)c1ccc(CN(Cc2cnccn2)S(=O)(=O)c2ccc(Cl)cc2)cc1. The summed E-state index contributed by atoms with van der Waals surface area (Å²) in [5.74, 6) is -0.155. The maximum Gasteiger partial charge on any atom is 0.251 e. The van der Waals surface area contributed by atoms with Crippen LogP contribution in [0.15, 0.2) is 102 Å². The Balaban J connectivity index is 1.34. The number of aromatic nitrogens is 2. The molecular formula is C28H25ClN4O3S. The number of amides is 1. The van der Waals surface area contributed by atoms with Gasteiger partial charge in [0, 0.05) is 35.7 Å². The van der Waals surface area contributed by atoms with Gasteiger partial charge < -0.3 is 5.32 Å². The van der Waals surface area contributed by atoms with Crippen LogP contribution in [0.5, 0.6) is 0 Å². The first-order valence-electron chi connectivity index (χ1n) is 11.8. The molecule has 4 aromatic rings. The van der Waals surface area contributed by atoms with Gasteiger partial charge in [0.1, 0.15) is 0 Å². The molecule has 0 saturated heterocycles. The van der Waals surface area contributed by atoms with Gasteiger partial charge in [0.25, 0.3) is 5.91 Å². The molecule has 0 unspecified atom stereocenters. The molecular weight excluding hydrogens is 508 g/mol. The number of halogens is 1. The van der Waals surface area contributed by atoms with Crippen LogP contribution >= 0.6 is 11.6 Å². The molecule has 0 bridgehead atoms. The van der Waals surface area contributed by atoms with Crippen LogP contribution in [0.2, 0.25) is 5.02 Å². The molecule has 0 atom stereocenters. The summed E-state index contributed by atoms with van der Waals surface area (Å²) >= 11 is 5.96. The lowest BCUT2D eigenvalue weighted by molar-refractivity contribution is 0.0930. The number of carbonyl (C=O) groups is 1. The van der Waals surface area contributed by atoms with Crippen LogP contribution in [0.25, 0.3) is 0 Å². The first kappa shape index (κ1) is 25.1. The second kappa shape index (κ2) is 10.4. The van der Waals surface area contributed by atoms with Crippen molar-refractivity contribution in [3.8, 4) is 0 Å². The van der Waals surface area contributed by atoms with E-state index in [1.54, 1.807) is 36.4 Å². The summed E-state index contributed by atoms with van der Waals surface area (Å²) in [5, 5.41) is 3.62. The van der Waals surface area contributed by atoms with Gasteiger partial charge in [0.2, 0.25) is 10.0 Å². The number of benzene rings is 3. The van der Waals surface area contributed by atoms with Gasteiger partial charge in [-0.3, -0.25) is 14.8 Å². The maximum absolute atomic E-state index is 13.5. The molecule has 0 spiro atoms. The molecule has 7 nitrogen and oxygen atoms in total. The molecule has 1 N–H and O–H groups in total. The third kappa shape index (κ3) is 5.72. The van der Waals surface area contributed by atoms with Crippen molar-refractivity contribution >= 4 is 27.5 Å². The smallest absolute Gasteiger partial charge is 0.251 e. The summed E-state index contributed by atoms with van der Waals surface area (Å²) in [5.41, 5.74) is 2.57. The number of nitrogens with one attached hydrogen (secondary N) is 1. The van der Waals surface area contributed by atoms with E-state index in [1.165, 1.54) is 35.0 Å². The first-order valence-corrected chi connectivity index (χ1v) is 13.7. The number of nitrogens with zero attached hydrogens (tertiary/aromatic N) is 3. The number of sulfonamides is 1. The molecule has 3 aromatic carbocycles. The van der Waals surface area contributed by atoms with Gasteiger partial charge >= 0.3 is 0 Å². The molecule has 5 rings (SSSR count). The van der Waals surface area contributed by atoms with Crippen molar-refractivity contribution in [1.29, 1.82) is 0 Å². The highest BCUT2D eigenvalue weighted by Crippen LogP contribution is 2.45.